The molecule has 0 atom stereocenters. The van der Waals surface area contributed by atoms with Gasteiger partial charge in [-0.05, 0) is 42.5 Å². The fourth-order valence-electron chi connectivity index (χ4n) is 3.03. The lowest BCUT2D eigenvalue weighted by Gasteiger charge is -2.07. The van der Waals surface area contributed by atoms with Crippen molar-refractivity contribution in [2.45, 2.75) is 0 Å². The minimum absolute atomic E-state index is 0.256. The van der Waals surface area contributed by atoms with Crippen LogP contribution in [0.5, 0.6) is 0 Å². The monoisotopic (exact) mass is 410 g/mol. The minimum atomic E-state index is -0.509. The van der Waals surface area contributed by atoms with E-state index in [1.807, 2.05) is 36.4 Å². The number of rotatable bonds is 4. The van der Waals surface area contributed by atoms with Gasteiger partial charge in [0, 0.05) is 35.3 Å². The number of fused-ring (bicyclic) bond motifs is 1. The van der Waals surface area contributed by atoms with E-state index >= 15 is 0 Å². The van der Waals surface area contributed by atoms with Gasteiger partial charge in [0.05, 0.1) is 11.3 Å². The molecule has 0 radical (unpaired) electrons. The average Bonchev–Trinajstić information content (AvgIpc) is 3.24. The summed E-state index contributed by atoms with van der Waals surface area (Å²) >= 11 is 0. The first-order valence-corrected chi connectivity index (χ1v) is 9.31. The fraction of sp³-hybridized carbons (Fsp3) is 0. The van der Waals surface area contributed by atoms with Gasteiger partial charge in [-0.25, -0.2) is 4.79 Å². The highest BCUT2D eigenvalue weighted by Gasteiger charge is 2.11. The second kappa shape index (κ2) is 7.64. The van der Waals surface area contributed by atoms with Crippen molar-refractivity contribution in [2.75, 3.05) is 5.32 Å². The summed E-state index contributed by atoms with van der Waals surface area (Å²) in [7, 11) is 0. The third-order valence-corrected chi connectivity index (χ3v) is 4.58. The van der Waals surface area contributed by atoms with Crippen LogP contribution in [-0.2, 0) is 0 Å². The Morgan fingerprint density at radius 3 is 2.55 bits per heavy atom. The molecule has 5 rings (SSSR count). The van der Waals surface area contributed by atoms with Crippen molar-refractivity contribution in [3.8, 4) is 22.6 Å². The molecule has 1 aromatic carbocycles. The Hall–Kier alpha value is -4.66. The van der Waals surface area contributed by atoms with Crippen LogP contribution in [0.15, 0.2) is 88.5 Å². The zero-order chi connectivity index (χ0) is 21.2. The lowest BCUT2D eigenvalue weighted by molar-refractivity contribution is 0.102. The topological polar surface area (TPSA) is 115 Å². The van der Waals surface area contributed by atoms with Gasteiger partial charge in [0.2, 0.25) is 0 Å². The number of nitrogens with one attached hydrogen (secondary N) is 1. The Kier molecular flexibility index (Phi) is 4.53. The van der Waals surface area contributed by atoms with Gasteiger partial charge >= 0.3 is 5.63 Å². The standard InChI is InChI=1S/C22H14N6O3/c29-20-10-5-16(13-31-20)22(30)24-17-6-3-14(4-7-17)18-8-9-19-25-26-21(28(19)27-18)15-2-1-11-23-12-15/h1-13H,(H,24,30). The van der Waals surface area contributed by atoms with Crippen molar-refractivity contribution in [1.82, 2.24) is 24.8 Å². The number of aromatic nitrogens is 5. The van der Waals surface area contributed by atoms with E-state index in [0.717, 1.165) is 23.1 Å². The molecule has 0 aliphatic rings. The summed E-state index contributed by atoms with van der Waals surface area (Å²) in [5.41, 5.74) is 3.37. The van der Waals surface area contributed by atoms with Crippen LogP contribution in [0.1, 0.15) is 10.4 Å². The first kappa shape index (κ1) is 18.4. The van der Waals surface area contributed by atoms with Crippen molar-refractivity contribution in [1.29, 1.82) is 0 Å². The molecule has 0 bridgehead atoms. The Bertz CT molecular complexity index is 1420. The summed E-state index contributed by atoms with van der Waals surface area (Å²) < 4.78 is 6.39. The van der Waals surface area contributed by atoms with Crippen LogP contribution in [0.4, 0.5) is 5.69 Å². The molecular weight excluding hydrogens is 396 g/mol. The number of anilines is 1. The molecule has 31 heavy (non-hydrogen) atoms. The van der Waals surface area contributed by atoms with Crippen LogP contribution in [0.3, 0.4) is 0 Å². The predicted molar refractivity (Wildman–Crippen MR) is 112 cm³/mol. The molecule has 4 aromatic heterocycles. The number of pyridine rings is 1. The van der Waals surface area contributed by atoms with Gasteiger partial charge in [-0.3, -0.25) is 9.78 Å². The molecule has 150 valence electrons. The normalized spacial score (nSPS) is 10.8. The van der Waals surface area contributed by atoms with Gasteiger partial charge in [0.1, 0.15) is 6.26 Å². The van der Waals surface area contributed by atoms with Gasteiger partial charge in [0.15, 0.2) is 11.5 Å². The Morgan fingerprint density at radius 1 is 0.935 bits per heavy atom. The quantitative estimate of drug-likeness (QED) is 0.484. The molecule has 5 aromatic rings. The highest BCUT2D eigenvalue weighted by atomic mass is 16.4. The minimum Gasteiger partial charge on any atom is -0.430 e. The van der Waals surface area contributed by atoms with Crippen LogP contribution in [0, 0.1) is 0 Å². The maximum atomic E-state index is 12.3. The molecule has 0 fully saturated rings. The van der Waals surface area contributed by atoms with Crippen LogP contribution < -0.4 is 10.9 Å². The van der Waals surface area contributed by atoms with Crippen LogP contribution in [0.2, 0.25) is 0 Å². The molecule has 9 heteroatoms. The van der Waals surface area contributed by atoms with Crippen LogP contribution in [0.25, 0.3) is 28.3 Å². The molecule has 0 aliphatic carbocycles. The summed E-state index contributed by atoms with van der Waals surface area (Å²) in [5, 5.41) is 15.8. The maximum Gasteiger partial charge on any atom is 0.335 e. The van der Waals surface area contributed by atoms with Crippen molar-refractivity contribution in [3.63, 3.8) is 0 Å². The number of carbonyl (C=O) groups excluding carboxylic acids is 1. The summed E-state index contributed by atoms with van der Waals surface area (Å²) in [6.07, 6.45) is 4.53. The van der Waals surface area contributed by atoms with Crippen molar-refractivity contribution < 1.29 is 9.21 Å². The molecule has 4 heterocycles. The Labute approximate surface area is 175 Å². The van der Waals surface area contributed by atoms with Crippen molar-refractivity contribution in [2.24, 2.45) is 0 Å². The number of hydrogen-bond acceptors (Lipinski definition) is 7. The molecule has 0 saturated carbocycles. The van der Waals surface area contributed by atoms with Gasteiger partial charge in [0.25, 0.3) is 5.91 Å². The number of benzene rings is 1. The smallest absolute Gasteiger partial charge is 0.335 e. The summed E-state index contributed by atoms with van der Waals surface area (Å²) in [4.78, 5) is 27.4. The van der Waals surface area contributed by atoms with Gasteiger partial charge in [-0.15, -0.1) is 10.2 Å². The van der Waals surface area contributed by atoms with Gasteiger partial charge in [-0.1, -0.05) is 12.1 Å². The van der Waals surface area contributed by atoms with E-state index in [4.69, 9.17) is 4.42 Å². The Balaban J connectivity index is 1.41. The Morgan fingerprint density at radius 2 is 1.81 bits per heavy atom. The van der Waals surface area contributed by atoms with Crippen molar-refractivity contribution >= 4 is 17.2 Å². The molecule has 0 spiro atoms. The lowest BCUT2D eigenvalue weighted by Crippen LogP contribution is -2.12. The molecular formula is C22H14N6O3. The largest absolute Gasteiger partial charge is 0.430 e. The third-order valence-electron chi connectivity index (χ3n) is 4.58. The molecule has 0 unspecified atom stereocenters. The molecule has 1 N–H and O–H groups in total. The fourth-order valence-corrected chi connectivity index (χ4v) is 3.03. The second-order valence-corrected chi connectivity index (χ2v) is 6.63. The average molecular weight is 410 g/mol. The van der Waals surface area contributed by atoms with Gasteiger partial charge < -0.3 is 9.73 Å². The first-order valence-electron chi connectivity index (χ1n) is 9.31. The number of amides is 1. The second-order valence-electron chi connectivity index (χ2n) is 6.63. The molecule has 9 nitrogen and oxygen atoms in total. The van der Waals surface area contributed by atoms with Crippen LogP contribution in [-0.4, -0.2) is 30.7 Å². The zero-order valence-electron chi connectivity index (χ0n) is 16.0. The van der Waals surface area contributed by atoms with E-state index in [9.17, 15) is 9.59 Å². The summed E-state index contributed by atoms with van der Waals surface area (Å²) in [6, 6.07) is 17.3. The molecule has 0 aliphatic heterocycles. The van der Waals surface area contributed by atoms with Crippen LogP contribution >= 0.6 is 0 Å². The summed E-state index contributed by atoms with van der Waals surface area (Å²) in [6.45, 7) is 0. The SMILES string of the molecule is O=C(Nc1ccc(-c2ccc3nnc(-c4cccnc4)n3n2)cc1)c1ccc(=O)oc1. The number of hydrogen-bond donors (Lipinski definition) is 1. The first-order chi connectivity index (χ1) is 15.2. The van der Waals surface area contributed by atoms with E-state index in [0.29, 0.717) is 17.2 Å². The number of nitrogens with zero attached hydrogens (tertiary/aromatic N) is 5. The number of carbonyl (C=O) groups is 1. The highest BCUT2D eigenvalue weighted by molar-refractivity contribution is 6.04. The molecule has 0 saturated heterocycles. The zero-order valence-corrected chi connectivity index (χ0v) is 16.0. The predicted octanol–water partition coefficient (Wildman–Crippen LogP) is 3.06. The van der Waals surface area contributed by atoms with E-state index in [2.05, 4.69) is 25.6 Å². The van der Waals surface area contributed by atoms with E-state index in [-0.39, 0.29) is 11.5 Å². The van der Waals surface area contributed by atoms with Crippen molar-refractivity contribution in [3.05, 3.63) is 95.3 Å². The van der Waals surface area contributed by atoms with E-state index in [1.165, 1.54) is 12.1 Å². The lowest BCUT2D eigenvalue weighted by atomic mass is 10.1. The summed E-state index contributed by atoms with van der Waals surface area (Å²) in [5.74, 6) is 0.227. The highest BCUT2D eigenvalue weighted by Crippen LogP contribution is 2.22. The van der Waals surface area contributed by atoms with E-state index < -0.39 is 5.63 Å². The third kappa shape index (κ3) is 3.67. The maximum absolute atomic E-state index is 12.3. The van der Waals surface area contributed by atoms with E-state index in [1.54, 1.807) is 29.0 Å². The van der Waals surface area contributed by atoms with Gasteiger partial charge in [-0.2, -0.15) is 9.61 Å². The molecule has 1 amide bonds.